The molecule has 0 unspecified atom stereocenters. The zero-order chi connectivity index (χ0) is 78.5. The van der Waals surface area contributed by atoms with E-state index in [1.54, 1.807) is 78.8 Å². The molecule has 4 rings (SSSR count). The Hall–Kier alpha value is -9.13. The van der Waals surface area contributed by atoms with Crippen molar-refractivity contribution in [2.24, 2.45) is 35.1 Å². The predicted octanol–water partition coefficient (Wildman–Crippen LogP) is -3.76. The molecule has 1 aromatic carbocycles. The van der Waals surface area contributed by atoms with E-state index < -0.39 is 224 Å². The van der Waals surface area contributed by atoms with Gasteiger partial charge in [-0.3, -0.25) is 76.7 Å². The van der Waals surface area contributed by atoms with Crippen LogP contribution in [0.4, 0.5) is 0 Å². The summed E-state index contributed by atoms with van der Waals surface area (Å²) in [6.45, 7) is 12.3. The minimum absolute atomic E-state index is 0.0138. The summed E-state index contributed by atoms with van der Waals surface area (Å²) >= 11 is 7.98. The Morgan fingerprint density at radius 1 is 0.505 bits per heavy atom. The van der Waals surface area contributed by atoms with Gasteiger partial charge in [0.2, 0.25) is 88.6 Å². The minimum atomic E-state index is -1.86. The zero-order valence-corrected chi connectivity index (χ0v) is 62.5. The van der Waals surface area contributed by atoms with Gasteiger partial charge in [0.25, 0.3) is 0 Å². The van der Waals surface area contributed by atoms with Crippen molar-refractivity contribution in [1.82, 2.24) is 73.2 Å². The van der Waals surface area contributed by atoms with E-state index in [-0.39, 0.29) is 81.5 Å². The van der Waals surface area contributed by atoms with Gasteiger partial charge in [-0.05, 0) is 87.0 Å². The van der Waals surface area contributed by atoms with Gasteiger partial charge in [0.15, 0.2) is 0 Å². The molecule has 17 N–H and O–H groups in total. The van der Waals surface area contributed by atoms with Crippen LogP contribution in [0.1, 0.15) is 138 Å². The molecule has 584 valence electrons. The van der Waals surface area contributed by atoms with Crippen molar-refractivity contribution in [2.75, 3.05) is 50.8 Å². The average Bonchev–Trinajstić information content (AvgIpc) is 1.71. The SMILES string of the molecule is CC[C@H](C)[C@H](NC(=O)[C@@H]1CCCN1C(=O)CNC(=O)[C@@H](N)CS)C(=O)N1CCC[C@H]1C(=O)N[C@H](C(=O)N[C@@H](CC(C)C)C(=O)N[C@@H](CCC(=O)O)C(=O)N[C@@H](CC(N)=O)C(=O)NCC(=O)N[C@@H](CC(C)C)C(=O)N[C@@H](Cc1ccccc1)C(=O)NCC(=O)N1CCC[C@H]1C(=O)N[C@@H](CS)C(=O)O)C(C)C. The smallest absolute Gasteiger partial charge is 0.327 e. The third kappa shape index (κ3) is 28.0. The van der Waals surface area contributed by atoms with E-state index in [0.717, 1.165) is 0 Å². The van der Waals surface area contributed by atoms with Gasteiger partial charge in [0.1, 0.15) is 66.5 Å². The van der Waals surface area contributed by atoms with E-state index in [2.05, 4.69) is 83.7 Å². The molecule has 0 bridgehead atoms. The number of thiol groups is 2. The molecule has 0 saturated carbocycles. The second-order valence-corrected chi connectivity index (χ2v) is 28.5. The maximum absolute atomic E-state index is 14.5. The summed E-state index contributed by atoms with van der Waals surface area (Å²) in [6, 6.07) is -7.14. The number of nitrogens with two attached hydrogens (primary N) is 2. The summed E-state index contributed by atoms with van der Waals surface area (Å²) in [5.41, 5.74) is 11.8. The maximum Gasteiger partial charge on any atom is 0.327 e. The van der Waals surface area contributed by atoms with Crippen molar-refractivity contribution < 1.29 is 91.7 Å². The van der Waals surface area contributed by atoms with Crippen molar-refractivity contribution in [2.45, 2.75) is 211 Å². The second-order valence-electron chi connectivity index (χ2n) is 27.7. The third-order valence-corrected chi connectivity index (χ3v) is 18.9. The normalized spacial score (nSPS) is 18.5. The van der Waals surface area contributed by atoms with E-state index in [1.165, 1.54) is 14.7 Å². The number of hydrogen-bond acceptors (Lipinski definition) is 20. The second kappa shape index (κ2) is 43.3. The highest BCUT2D eigenvalue weighted by Crippen LogP contribution is 2.25. The van der Waals surface area contributed by atoms with Crippen LogP contribution >= 0.6 is 25.3 Å². The summed E-state index contributed by atoms with van der Waals surface area (Å²) < 4.78 is 0. The van der Waals surface area contributed by atoms with Crippen LogP contribution in [0.2, 0.25) is 0 Å². The fourth-order valence-electron chi connectivity index (χ4n) is 12.2. The summed E-state index contributed by atoms with van der Waals surface area (Å²) in [6.07, 6.45) is -0.0301. The van der Waals surface area contributed by atoms with E-state index in [1.807, 2.05) is 6.92 Å². The van der Waals surface area contributed by atoms with Crippen molar-refractivity contribution in [1.29, 1.82) is 0 Å². The molecule has 0 spiro atoms. The first-order chi connectivity index (χ1) is 49.5. The minimum Gasteiger partial charge on any atom is -0.481 e. The van der Waals surface area contributed by atoms with Crippen LogP contribution in [0.15, 0.2) is 30.3 Å². The van der Waals surface area contributed by atoms with E-state index in [0.29, 0.717) is 31.2 Å². The van der Waals surface area contributed by atoms with Crippen LogP contribution in [-0.2, 0) is 87.9 Å². The number of nitrogens with one attached hydrogen (secondary N) is 11. The molecular weight excluding hydrogens is 1410 g/mol. The molecule has 0 radical (unpaired) electrons. The summed E-state index contributed by atoms with van der Waals surface area (Å²) in [5.74, 6) is -16.9. The van der Waals surface area contributed by atoms with Crippen molar-refractivity contribution in [3.8, 4) is 0 Å². The molecule has 15 amide bonds. The Kier molecular flexibility index (Phi) is 36.4. The molecule has 3 fully saturated rings. The first-order valence-electron chi connectivity index (χ1n) is 35.4. The lowest BCUT2D eigenvalue weighted by molar-refractivity contribution is -0.145. The lowest BCUT2D eigenvalue weighted by Gasteiger charge is -2.34. The van der Waals surface area contributed by atoms with Gasteiger partial charge in [-0.15, -0.1) is 0 Å². The monoisotopic (exact) mass is 1510 g/mol. The van der Waals surface area contributed by atoms with Crippen LogP contribution in [0, 0.1) is 23.7 Å². The highest BCUT2D eigenvalue weighted by Gasteiger charge is 2.44. The topological polar surface area (TPSA) is 525 Å². The Balaban J connectivity index is 1.45. The van der Waals surface area contributed by atoms with E-state index in [9.17, 15) is 91.7 Å². The Labute approximate surface area is 621 Å². The molecule has 0 aromatic heterocycles. The molecule has 3 aliphatic heterocycles. The van der Waals surface area contributed by atoms with Crippen LogP contribution in [0.5, 0.6) is 0 Å². The Morgan fingerprint density at radius 2 is 0.952 bits per heavy atom. The fourth-order valence-corrected chi connectivity index (χ4v) is 12.6. The Morgan fingerprint density at radius 3 is 1.44 bits per heavy atom. The molecule has 0 aliphatic carbocycles. The number of rotatable bonds is 42. The number of nitrogens with zero attached hydrogens (tertiary/aromatic N) is 3. The molecule has 13 atom stereocenters. The van der Waals surface area contributed by atoms with Gasteiger partial charge >= 0.3 is 11.9 Å². The van der Waals surface area contributed by atoms with Crippen LogP contribution in [0.3, 0.4) is 0 Å². The summed E-state index contributed by atoms with van der Waals surface area (Å²) in [7, 11) is 0. The molecule has 3 heterocycles. The number of carboxylic acid groups (broad SMARTS) is 2. The maximum atomic E-state index is 14.5. The number of carbonyl (C=O) groups excluding carboxylic acids is 15. The molecular formula is C68H106N16O19S2. The molecule has 35 nitrogen and oxygen atoms in total. The third-order valence-electron chi connectivity index (χ3n) is 18.1. The first-order valence-corrected chi connectivity index (χ1v) is 36.7. The van der Waals surface area contributed by atoms with Gasteiger partial charge in [-0.25, -0.2) is 4.79 Å². The zero-order valence-electron chi connectivity index (χ0n) is 60.7. The highest BCUT2D eigenvalue weighted by molar-refractivity contribution is 7.80. The number of carboxylic acids is 2. The first kappa shape index (κ1) is 88.3. The summed E-state index contributed by atoms with van der Waals surface area (Å²) in [5, 5.41) is 46.8. The standard InChI is InChI=1S/C68H106N16O19S2/c1-9-38(8)56(81-64(98)48-19-14-24-83(48)52(87)31-72-57(91)40(69)33-104)67(101)84-25-15-20-49(84)65(99)80-55(37(6)7)66(100)78-43(27-36(4)5)62(96)75-41(21-22-54(89)90)60(94)77-45(29-50(70)85)59(93)71-30-51(86)74-42(26-35(2)3)61(95)76-44(28-39-16-11-10-12-17-39)58(92)73-32-53(88)82-23-13-18-47(82)63(97)79-46(34-105)68(102)103/h10-12,16-17,35-38,40-49,55-56,104-105H,9,13-15,18-34,69H2,1-8H3,(H2,70,85)(H,71,93)(H,72,91)(H,73,92)(H,74,86)(H,75,96)(H,76,95)(H,77,94)(H,78,100)(H,79,97)(H,80,99)(H,81,98)(H,89,90)(H,102,103)/t38-,40-,41-,42-,43-,44-,45-,46-,47-,48-,49-,55-,56-/m0/s1. The van der Waals surface area contributed by atoms with Crippen molar-refractivity contribution in [3.05, 3.63) is 35.9 Å². The number of benzene rings is 1. The number of likely N-dealkylation sites (tertiary alicyclic amines) is 3. The quantitative estimate of drug-likeness (QED) is 0.0280. The van der Waals surface area contributed by atoms with E-state index in [4.69, 9.17) is 11.5 Å². The largest absolute Gasteiger partial charge is 0.481 e. The highest BCUT2D eigenvalue weighted by atomic mass is 32.1. The molecule has 1 aromatic rings. The molecule has 3 aliphatic rings. The van der Waals surface area contributed by atoms with Crippen LogP contribution in [-0.4, -0.2) is 249 Å². The molecule has 37 heteroatoms. The van der Waals surface area contributed by atoms with Crippen molar-refractivity contribution >= 4 is 126 Å². The molecule has 105 heavy (non-hydrogen) atoms. The average molecular weight is 1520 g/mol. The lowest BCUT2D eigenvalue weighted by Crippen LogP contribution is -2.61. The molecule has 3 saturated heterocycles. The number of aliphatic carboxylic acids is 2. The van der Waals surface area contributed by atoms with Gasteiger partial charge < -0.3 is 94.9 Å². The Bertz CT molecular complexity index is 3280. The van der Waals surface area contributed by atoms with Gasteiger partial charge in [0.05, 0.1) is 32.1 Å². The number of primary amides is 1. The van der Waals surface area contributed by atoms with E-state index >= 15 is 0 Å². The number of hydrogen-bond donors (Lipinski definition) is 17. The number of carbonyl (C=O) groups is 17. The fraction of sp³-hybridized carbons (Fsp3) is 0.662. The van der Waals surface area contributed by atoms with Crippen LogP contribution in [0.25, 0.3) is 0 Å². The summed E-state index contributed by atoms with van der Waals surface area (Å²) in [4.78, 5) is 233. The lowest BCUT2D eigenvalue weighted by atomic mass is 9.96. The predicted molar refractivity (Wildman–Crippen MR) is 386 cm³/mol. The van der Waals surface area contributed by atoms with Gasteiger partial charge in [-0.1, -0.05) is 92.1 Å². The van der Waals surface area contributed by atoms with Gasteiger partial charge in [0, 0.05) is 44.0 Å². The number of amides is 15. The van der Waals surface area contributed by atoms with Crippen molar-refractivity contribution in [3.63, 3.8) is 0 Å². The van der Waals surface area contributed by atoms with Crippen LogP contribution < -0.4 is 70.0 Å². The van der Waals surface area contributed by atoms with Gasteiger partial charge in [-0.2, -0.15) is 25.3 Å².